The van der Waals surface area contributed by atoms with Gasteiger partial charge in [-0.3, -0.25) is 14.3 Å². The van der Waals surface area contributed by atoms with E-state index in [1.807, 2.05) is 38.1 Å². The summed E-state index contributed by atoms with van der Waals surface area (Å²) in [5, 5.41) is 19.3. The first-order valence-corrected chi connectivity index (χ1v) is 11.9. The zero-order valence-corrected chi connectivity index (χ0v) is 18.5. The average Bonchev–Trinajstić information content (AvgIpc) is 2.71. The average molecular weight is 455 g/mol. The second kappa shape index (κ2) is 9.62. The van der Waals surface area contributed by atoms with Gasteiger partial charge in [-0.25, -0.2) is 4.39 Å². The molecule has 0 bridgehead atoms. The summed E-state index contributed by atoms with van der Waals surface area (Å²) in [4.78, 5) is 25.7. The summed E-state index contributed by atoms with van der Waals surface area (Å²) in [6.45, 7) is 3.84. The lowest BCUT2D eigenvalue weighted by Gasteiger charge is -2.16. The maximum Gasteiger partial charge on any atom is 0.305 e. The molecule has 3 aromatic rings. The van der Waals surface area contributed by atoms with E-state index in [1.165, 1.54) is 12.1 Å². The van der Waals surface area contributed by atoms with Crippen LogP contribution in [0.5, 0.6) is 0 Å². The van der Waals surface area contributed by atoms with E-state index in [2.05, 4.69) is 11.6 Å². The van der Waals surface area contributed by atoms with Crippen molar-refractivity contribution >= 4 is 24.2 Å². The molecule has 0 fully saturated rings. The summed E-state index contributed by atoms with van der Waals surface area (Å²) in [5.41, 5.74) is 5.46. The number of aliphatic hydroxyl groups is 1. The van der Waals surface area contributed by atoms with Crippen molar-refractivity contribution in [2.45, 2.75) is 32.3 Å². The number of aromatic nitrogens is 1. The number of carbonyl (C=O) groups is 1. The first kappa shape index (κ1) is 23.6. The minimum Gasteiger partial charge on any atom is -0.481 e. The molecule has 166 valence electrons. The third kappa shape index (κ3) is 5.60. The molecule has 0 aliphatic rings. The van der Waals surface area contributed by atoms with Crippen LogP contribution in [-0.4, -0.2) is 38.3 Å². The number of aliphatic carboxylic acids is 1. The lowest BCUT2D eigenvalue weighted by molar-refractivity contribution is -0.138. The Balaban J connectivity index is 2.22. The highest BCUT2D eigenvalue weighted by Gasteiger charge is 2.23. The number of fused-ring (bicyclic) bond motifs is 1. The van der Waals surface area contributed by atoms with Crippen molar-refractivity contribution in [3.05, 3.63) is 65.6 Å². The molecule has 1 unspecified atom stereocenters. The number of pyridine rings is 1. The van der Waals surface area contributed by atoms with Crippen LogP contribution >= 0.6 is 7.37 Å². The Bertz CT molecular complexity index is 1260. The second-order valence-corrected chi connectivity index (χ2v) is 9.79. The van der Waals surface area contributed by atoms with Crippen LogP contribution in [0.2, 0.25) is 0 Å². The van der Waals surface area contributed by atoms with Gasteiger partial charge in [-0.15, -0.1) is 0 Å². The van der Waals surface area contributed by atoms with Gasteiger partial charge in [-0.2, -0.15) is 0 Å². The summed E-state index contributed by atoms with van der Waals surface area (Å²) < 4.78 is 26.1. The fourth-order valence-electron chi connectivity index (χ4n) is 3.43. The highest BCUT2D eigenvalue weighted by Crippen LogP contribution is 2.41. The molecule has 0 aliphatic carbocycles. The van der Waals surface area contributed by atoms with Crippen molar-refractivity contribution in [1.82, 2.24) is 4.98 Å². The van der Waals surface area contributed by atoms with Crippen molar-refractivity contribution in [3.63, 3.8) is 0 Å². The molecule has 0 aliphatic heterocycles. The molecule has 1 heterocycles. The molecule has 2 atom stereocenters. The molecule has 32 heavy (non-hydrogen) atoms. The molecule has 3 rings (SSSR count). The van der Waals surface area contributed by atoms with Crippen LogP contribution in [0.25, 0.3) is 22.0 Å². The monoisotopic (exact) mass is 455 g/mol. The number of halogens is 1. The topological polar surface area (TPSA) is 108 Å². The zero-order valence-electron chi connectivity index (χ0n) is 17.6. The van der Waals surface area contributed by atoms with Gasteiger partial charge in [0, 0.05) is 10.9 Å². The standard InChI is InChI=1S/C24H23FNO5P/c1-15(2)24-20(11-12-32(30,31)14-18(27)13-22(28)29)23(16-7-9-17(25)10-8-16)19-5-3-4-6-21(19)26-24/h3-10,15,18,27H,13-14H2,1-2H3,(H,28,29)(H,30,31)/t18-/m0/s1. The van der Waals surface area contributed by atoms with Crippen LogP contribution < -0.4 is 0 Å². The molecule has 6 nitrogen and oxygen atoms in total. The number of rotatable bonds is 6. The number of carboxylic acid groups (broad SMARTS) is 1. The van der Waals surface area contributed by atoms with Gasteiger partial charge in [0.2, 0.25) is 0 Å². The Morgan fingerprint density at radius 3 is 2.44 bits per heavy atom. The molecule has 0 saturated heterocycles. The van der Waals surface area contributed by atoms with E-state index in [4.69, 9.17) is 10.1 Å². The van der Waals surface area contributed by atoms with Gasteiger partial charge in [0.15, 0.2) is 0 Å². The van der Waals surface area contributed by atoms with E-state index < -0.39 is 37.8 Å². The summed E-state index contributed by atoms with van der Waals surface area (Å²) in [5.74, 6) is 1.05. The smallest absolute Gasteiger partial charge is 0.305 e. The van der Waals surface area contributed by atoms with Crippen LogP contribution in [0, 0.1) is 17.4 Å². The highest BCUT2D eigenvalue weighted by atomic mass is 31.2. The fourth-order valence-corrected chi connectivity index (χ4v) is 4.51. The molecule has 8 heteroatoms. The molecule has 2 aromatic carbocycles. The molecule has 0 radical (unpaired) electrons. The molecular weight excluding hydrogens is 432 g/mol. The quantitative estimate of drug-likeness (QED) is 0.371. The Morgan fingerprint density at radius 1 is 1.16 bits per heavy atom. The Hall–Kier alpha value is -3.04. The van der Waals surface area contributed by atoms with Crippen LogP contribution in [-0.2, 0) is 9.36 Å². The zero-order chi connectivity index (χ0) is 23.5. The number of aliphatic hydroxyl groups excluding tert-OH is 1. The van der Waals surface area contributed by atoms with Gasteiger partial charge < -0.3 is 15.1 Å². The number of benzene rings is 2. The SMILES string of the molecule is CC(C)c1nc2ccccc2c(-c2ccc(F)cc2)c1C#CP(=O)(O)C[C@@H](O)CC(=O)O. The van der Waals surface area contributed by atoms with Crippen molar-refractivity contribution in [2.75, 3.05) is 6.16 Å². The van der Waals surface area contributed by atoms with Crippen LogP contribution in [0.15, 0.2) is 48.5 Å². The summed E-state index contributed by atoms with van der Waals surface area (Å²) in [6.07, 6.45) is -2.80. The summed E-state index contributed by atoms with van der Waals surface area (Å²) >= 11 is 0. The second-order valence-electron chi connectivity index (χ2n) is 7.80. The van der Waals surface area contributed by atoms with E-state index in [0.29, 0.717) is 27.9 Å². The van der Waals surface area contributed by atoms with E-state index >= 15 is 0 Å². The minimum absolute atomic E-state index is 0.0706. The van der Waals surface area contributed by atoms with E-state index in [9.17, 15) is 23.7 Å². The molecule has 0 saturated carbocycles. The third-order valence-corrected chi connectivity index (χ3v) is 6.20. The van der Waals surface area contributed by atoms with E-state index in [-0.39, 0.29) is 5.92 Å². The van der Waals surface area contributed by atoms with Gasteiger partial charge in [0.25, 0.3) is 7.37 Å². The summed E-state index contributed by atoms with van der Waals surface area (Å²) in [6, 6.07) is 13.3. The van der Waals surface area contributed by atoms with Gasteiger partial charge in [-0.05, 0) is 35.3 Å². The van der Waals surface area contributed by atoms with E-state index in [1.54, 1.807) is 12.1 Å². The van der Waals surface area contributed by atoms with Gasteiger partial charge in [0.05, 0.1) is 35.5 Å². The molecular formula is C24H23FNO5P. The highest BCUT2D eigenvalue weighted by molar-refractivity contribution is 7.63. The van der Waals surface area contributed by atoms with Crippen LogP contribution in [0.1, 0.15) is 37.4 Å². The van der Waals surface area contributed by atoms with Crippen molar-refractivity contribution < 1.29 is 28.9 Å². The van der Waals surface area contributed by atoms with Crippen molar-refractivity contribution in [2.24, 2.45) is 0 Å². The van der Waals surface area contributed by atoms with Gasteiger partial charge in [0.1, 0.15) is 5.82 Å². The lowest BCUT2D eigenvalue weighted by Crippen LogP contribution is -2.17. The predicted molar refractivity (Wildman–Crippen MR) is 121 cm³/mol. The number of nitrogens with zero attached hydrogens (tertiary/aromatic N) is 1. The molecule has 0 spiro atoms. The van der Waals surface area contributed by atoms with Gasteiger partial charge >= 0.3 is 5.97 Å². The predicted octanol–water partition coefficient (Wildman–Crippen LogP) is 4.58. The first-order valence-electron chi connectivity index (χ1n) is 10.0. The Kier molecular flexibility index (Phi) is 7.10. The fraction of sp³-hybridized carbons (Fsp3) is 0.250. The minimum atomic E-state index is -4.16. The molecule has 3 N–H and O–H groups in total. The van der Waals surface area contributed by atoms with Crippen LogP contribution in [0.4, 0.5) is 4.39 Å². The van der Waals surface area contributed by atoms with Crippen molar-refractivity contribution in [3.8, 4) is 22.7 Å². The summed E-state index contributed by atoms with van der Waals surface area (Å²) in [7, 11) is -4.16. The number of carboxylic acids is 1. The maximum atomic E-state index is 13.6. The van der Waals surface area contributed by atoms with Crippen molar-refractivity contribution in [1.29, 1.82) is 0 Å². The Morgan fingerprint density at radius 2 is 1.81 bits per heavy atom. The number of hydrogen-bond donors (Lipinski definition) is 3. The third-order valence-electron chi connectivity index (χ3n) is 4.82. The van der Waals surface area contributed by atoms with E-state index in [0.717, 1.165) is 5.39 Å². The molecule has 0 amide bonds. The molecule has 1 aromatic heterocycles. The lowest BCUT2D eigenvalue weighted by atomic mass is 9.91. The van der Waals surface area contributed by atoms with Gasteiger partial charge in [-0.1, -0.05) is 50.1 Å². The first-order chi connectivity index (χ1) is 15.1. The number of hydrogen-bond acceptors (Lipinski definition) is 4. The largest absolute Gasteiger partial charge is 0.481 e. The Labute approximate surface area is 185 Å². The van der Waals surface area contributed by atoms with Crippen LogP contribution in [0.3, 0.4) is 0 Å². The maximum absolute atomic E-state index is 13.6. The number of para-hydroxylation sites is 1. The normalized spacial score (nSPS) is 13.9.